The van der Waals surface area contributed by atoms with Gasteiger partial charge in [-0.2, -0.15) is 13.2 Å². The van der Waals surface area contributed by atoms with Crippen LogP contribution in [0.15, 0.2) is 47.4 Å². The highest BCUT2D eigenvalue weighted by molar-refractivity contribution is 7.91. The first kappa shape index (κ1) is 38.0. The summed E-state index contributed by atoms with van der Waals surface area (Å²) < 4.78 is 65.1. The first-order chi connectivity index (χ1) is 21.4. The smallest absolute Gasteiger partial charge is 0.490 e. The van der Waals surface area contributed by atoms with Gasteiger partial charge in [-0.05, 0) is 36.1 Å². The number of ether oxygens (including phenoxy) is 1. The Kier molecular flexibility index (Phi) is 13.1. The molecule has 254 valence electrons. The molecule has 46 heavy (non-hydrogen) atoms. The minimum Gasteiger partial charge on any atom is -0.496 e. The van der Waals surface area contributed by atoms with Crippen molar-refractivity contribution < 1.29 is 60.8 Å². The van der Waals surface area contributed by atoms with Crippen molar-refractivity contribution in [3.63, 3.8) is 0 Å². The molecule has 2 aromatic rings. The van der Waals surface area contributed by atoms with E-state index in [9.17, 15) is 36.0 Å². The molecule has 0 aliphatic carbocycles. The number of benzene rings is 2. The van der Waals surface area contributed by atoms with Gasteiger partial charge in [0, 0.05) is 5.54 Å². The van der Waals surface area contributed by atoms with E-state index in [1.54, 1.807) is 0 Å². The van der Waals surface area contributed by atoms with Crippen LogP contribution in [-0.4, -0.2) is 78.2 Å². The SMILES string of the molecule is CCCC[C@]1(CC)CS(=O)(=O)c2cc(C(=O)NC(CC(=O)O)CC(=O)O)c(OC)cc2[C@@H](c2ccccc2)N1.O=C(O)C(F)(F)F. The molecule has 1 aliphatic rings. The Balaban J connectivity index is 0.000000942. The van der Waals surface area contributed by atoms with Crippen LogP contribution < -0.4 is 15.4 Å². The molecule has 0 bridgehead atoms. The fourth-order valence-corrected chi connectivity index (χ4v) is 7.24. The molecule has 2 aromatic carbocycles. The van der Waals surface area contributed by atoms with Gasteiger partial charge >= 0.3 is 24.1 Å². The maximum Gasteiger partial charge on any atom is 0.490 e. The Labute approximate surface area is 263 Å². The molecule has 1 aliphatic heterocycles. The second-order valence-corrected chi connectivity index (χ2v) is 12.7. The first-order valence-electron chi connectivity index (χ1n) is 14.2. The molecule has 0 radical (unpaired) electrons. The molecule has 0 unspecified atom stereocenters. The van der Waals surface area contributed by atoms with Crippen LogP contribution in [0.4, 0.5) is 13.2 Å². The predicted octanol–water partition coefficient (Wildman–Crippen LogP) is 4.18. The van der Waals surface area contributed by atoms with Gasteiger partial charge in [0.05, 0.1) is 48.2 Å². The number of methoxy groups -OCH3 is 1. The van der Waals surface area contributed by atoms with Crippen molar-refractivity contribution in [2.45, 2.75) is 81.1 Å². The maximum absolute atomic E-state index is 13.9. The predicted molar refractivity (Wildman–Crippen MR) is 158 cm³/mol. The van der Waals surface area contributed by atoms with E-state index in [2.05, 4.69) is 17.6 Å². The molecule has 0 saturated carbocycles. The summed E-state index contributed by atoms with van der Waals surface area (Å²) in [7, 11) is -2.56. The summed E-state index contributed by atoms with van der Waals surface area (Å²) >= 11 is 0. The van der Waals surface area contributed by atoms with Crippen LogP contribution in [-0.2, 0) is 24.2 Å². The number of hydrogen-bond donors (Lipinski definition) is 5. The van der Waals surface area contributed by atoms with E-state index in [0.29, 0.717) is 18.4 Å². The van der Waals surface area contributed by atoms with Crippen molar-refractivity contribution in [3.05, 3.63) is 59.2 Å². The highest BCUT2D eigenvalue weighted by atomic mass is 32.2. The third kappa shape index (κ3) is 10.2. The zero-order valence-electron chi connectivity index (χ0n) is 25.4. The molecule has 5 N–H and O–H groups in total. The highest BCUT2D eigenvalue weighted by Gasteiger charge is 2.43. The lowest BCUT2D eigenvalue weighted by molar-refractivity contribution is -0.192. The van der Waals surface area contributed by atoms with Gasteiger partial charge in [0.1, 0.15) is 5.75 Å². The van der Waals surface area contributed by atoms with Gasteiger partial charge in [0.15, 0.2) is 9.84 Å². The lowest BCUT2D eigenvalue weighted by atomic mass is 9.88. The number of carboxylic acid groups (broad SMARTS) is 3. The molecule has 0 aromatic heterocycles. The number of carbonyl (C=O) groups is 4. The number of aliphatic carboxylic acids is 3. The lowest BCUT2D eigenvalue weighted by Crippen LogP contribution is -2.50. The molecule has 0 saturated heterocycles. The molecule has 2 atom stereocenters. The summed E-state index contributed by atoms with van der Waals surface area (Å²) in [6.45, 7) is 4.01. The number of alkyl halides is 3. The van der Waals surface area contributed by atoms with Gasteiger partial charge in [-0.25, -0.2) is 13.2 Å². The van der Waals surface area contributed by atoms with Crippen LogP contribution in [0.25, 0.3) is 0 Å². The summed E-state index contributed by atoms with van der Waals surface area (Å²) in [5.74, 6) is -6.21. The Morgan fingerprint density at radius 1 is 1.04 bits per heavy atom. The number of rotatable bonds is 12. The quantitative estimate of drug-likeness (QED) is 0.217. The number of halogens is 3. The standard InChI is InChI=1S/C28H36N2O8S.C2HF3O2/c1-4-6-12-28(5-2)17-39(36,37)23-16-20(27(35)29-19(13-24(31)32)14-25(33)34)22(38-3)15-21(23)26(30-28)18-10-8-7-9-11-18;3-2(4,5)1(6)7/h7-11,15-16,19,26,30H,4-6,12-14,17H2,1-3H3,(H,29,35)(H,31,32)(H,33,34);(H,6,7)/t26-,28-;/m1./s1. The average Bonchev–Trinajstić information content (AvgIpc) is 3.06. The van der Waals surface area contributed by atoms with E-state index in [0.717, 1.165) is 18.4 Å². The monoisotopic (exact) mass is 674 g/mol. The van der Waals surface area contributed by atoms with E-state index in [1.165, 1.54) is 19.2 Å². The summed E-state index contributed by atoms with van der Waals surface area (Å²) in [4.78, 5) is 44.6. The van der Waals surface area contributed by atoms with Crippen LogP contribution in [0.2, 0.25) is 0 Å². The Morgan fingerprint density at radius 2 is 1.61 bits per heavy atom. The fraction of sp³-hybridized carbons (Fsp3) is 0.467. The summed E-state index contributed by atoms with van der Waals surface area (Å²) in [6, 6.07) is 10.5. The van der Waals surface area contributed by atoms with Crippen molar-refractivity contribution in [2.75, 3.05) is 12.9 Å². The molecule has 0 fully saturated rings. The number of carbonyl (C=O) groups excluding carboxylic acids is 1. The normalized spacial score (nSPS) is 18.7. The van der Waals surface area contributed by atoms with Crippen LogP contribution in [0.1, 0.15) is 79.9 Å². The van der Waals surface area contributed by atoms with E-state index < -0.39 is 70.3 Å². The summed E-state index contributed by atoms with van der Waals surface area (Å²) in [5, 5.41) is 31.5. The van der Waals surface area contributed by atoms with E-state index >= 15 is 0 Å². The van der Waals surface area contributed by atoms with Crippen LogP contribution >= 0.6 is 0 Å². The second-order valence-electron chi connectivity index (χ2n) is 10.7. The van der Waals surface area contributed by atoms with E-state index in [4.69, 9.17) is 24.9 Å². The van der Waals surface area contributed by atoms with Crippen LogP contribution in [0.3, 0.4) is 0 Å². The fourth-order valence-electron chi connectivity index (χ4n) is 5.09. The van der Waals surface area contributed by atoms with Crippen LogP contribution in [0, 0.1) is 0 Å². The molecular formula is C30H37F3N2O10S. The van der Waals surface area contributed by atoms with E-state index in [-0.39, 0.29) is 22.0 Å². The van der Waals surface area contributed by atoms with Crippen molar-refractivity contribution >= 4 is 33.7 Å². The molecule has 16 heteroatoms. The Morgan fingerprint density at radius 3 is 2.07 bits per heavy atom. The molecule has 1 amide bonds. The maximum atomic E-state index is 13.9. The Bertz CT molecular complexity index is 1500. The zero-order chi connectivity index (χ0) is 34.9. The van der Waals surface area contributed by atoms with Crippen molar-refractivity contribution in [1.29, 1.82) is 0 Å². The van der Waals surface area contributed by atoms with Gasteiger partial charge in [-0.1, -0.05) is 57.0 Å². The lowest BCUT2D eigenvalue weighted by Gasteiger charge is -2.36. The van der Waals surface area contributed by atoms with Crippen molar-refractivity contribution in [3.8, 4) is 5.75 Å². The van der Waals surface area contributed by atoms with Crippen molar-refractivity contribution in [1.82, 2.24) is 10.6 Å². The number of amides is 1. The Hall–Kier alpha value is -4.18. The largest absolute Gasteiger partial charge is 0.496 e. The zero-order valence-corrected chi connectivity index (χ0v) is 26.2. The highest BCUT2D eigenvalue weighted by Crippen LogP contribution is 2.41. The van der Waals surface area contributed by atoms with Gasteiger partial charge < -0.3 is 25.4 Å². The first-order valence-corrected chi connectivity index (χ1v) is 15.9. The van der Waals surface area contributed by atoms with E-state index in [1.807, 2.05) is 37.3 Å². The van der Waals surface area contributed by atoms with Gasteiger partial charge in [0.25, 0.3) is 5.91 Å². The summed E-state index contributed by atoms with van der Waals surface area (Å²) in [5.41, 5.74) is 0.462. The minimum atomic E-state index is -5.08. The number of nitrogens with one attached hydrogen (secondary N) is 2. The number of sulfone groups is 1. The third-order valence-electron chi connectivity index (χ3n) is 7.38. The van der Waals surface area contributed by atoms with Gasteiger partial charge in [-0.3, -0.25) is 19.7 Å². The average molecular weight is 675 g/mol. The van der Waals surface area contributed by atoms with Gasteiger partial charge in [-0.15, -0.1) is 0 Å². The molecule has 0 spiro atoms. The third-order valence-corrected chi connectivity index (χ3v) is 9.33. The minimum absolute atomic E-state index is 0.0188. The molecule has 1 heterocycles. The summed E-state index contributed by atoms with van der Waals surface area (Å²) in [6.07, 6.45) is -3.36. The number of carboxylic acids is 3. The molecular weight excluding hydrogens is 637 g/mol. The van der Waals surface area contributed by atoms with Crippen LogP contribution in [0.5, 0.6) is 5.75 Å². The second kappa shape index (κ2) is 15.9. The number of hydrogen-bond acceptors (Lipinski definition) is 8. The topological polar surface area (TPSA) is 196 Å². The van der Waals surface area contributed by atoms with Crippen molar-refractivity contribution in [2.24, 2.45) is 0 Å². The van der Waals surface area contributed by atoms with Gasteiger partial charge in [0.2, 0.25) is 0 Å². The number of fused-ring (bicyclic) bond motifs is 1. The molecule has 12 nitrogen and oxygen atoms in total. The molecule has 3 rings (SSSR count). The number of unbranched alkanes of at least 4 members (excludes halogenated alkanes) is 1.